The summed E-state index contributed by atoms with van der Waals surface area (Å²) in [7, 11) is 0. The zero-order chi connectivity index (χ0) is 17.2. The lowest BCUT2D eigenvalue weighted by Gasteiger charge is -2.03. The van der Waals surface area contributed by atoms with Gasteiger partial charge in [-0.15, -0.1) is 0 Å². The molecular weight excluding hydrogens is 316 g/mol. The molecule has 0 aliphatic carbocycles. The molecule has 1 aromatic heterocycles. The first-order valence-corrected chi connectivity index (χ1v) is 8.36. The van der Waals surface area contributed by atoms with E-state index < -0.39 is 0 Å². The van der Waals surface area contributed by atoms with Crippen molar-refractivity contribution in [3.63, 3.8) is 0 Å². The van der Waals surface area contributed by atoms with Gasteiger partial charge in [0.05, 0.1) is 6.61 Å². The van der Waals surface area contributed by atoms with Crippen LogP contribution in [0.3, 0.4) is 0 Å². The molecule has 1 aliphatic rings. The van der Waals surface area contributed by atoms with Crippen molar-refractivity contribution in [2.75, 3.05) is 11.9 Å². The van der Waals surface area contributed by atoms with Crippen LogP contribution in [-0.4, -0.2) is 17.7 Å². The van der Waals surface area contributed by atoms with Crippen LogP contribution >= 0.6 is 0 Å². The molecule has 0 saturated heterocycles. The summed E-state index contributed by atoms with van der Waals surface area (Å²) >= 11 is 0. The van der Waals surface area contributed by atoms with Crippen LogP contribution in [0.5, 0.6) is 5.75 Å². The van der Waals surface area contributed by atoms with Gasteiger partial charge in [0, 0.05) is 23.6 Å². The van der Waals surface area contributed by atoms with Crippen molar-refractivity contribution < 1.29 is 14.1 Å². The number of rotatable bonds is 4. The number of carbonyl (C=O) groups is 1. The first-order valence-electron chi connectivity index (χ1n) is 8.36. The number of ether oxygens (including phenoxy) is 1. The summed E-state index contributed by atoms with van der Waals surface area (Å²) < 4.78 is 10.7. The normalized spacial score (nSPS) is 12.5. The minimum absolute atomic E-state index is 0.223. The van der Waals surface area contributed by atoms with Crippen LogP contribution in [0, 0.1) is 0 Å². The molecule has 0 spiro atoms. The molecule has 1 N–H and O–H groups in total. The van der Waals surface area contributed by atoms with E-state index in [1.165, 1.54) is 5.56 Å². The van der Waals surface area contributed by atoms with Crippen molar-refractivity contribution in [1.82, 2.24) is 5.16 Å². The number of nitrogens with zero attached hydrogens (tertiary/aromatic N) is 1. The second-order valence-corrected chi connectivity index (χ2v) is 6.00. The molecule has 0 radical (unpaired) electrons. The lowest BCUT2D eigenvalue weighted by molar-refractivity contribution is 0.102. The number of amides is 1. The summed E-state index contributed by atoms with van der Waals surface area (Å²) in [6.07, 6.45) is 1.82. The van der Waals surface area contributed by atoms with Crippen LogP contribution in [0.25, 0.3) is 11.3 Å². The number of hydrogen-bond acceptors (Lipinski definition) is 4. The molecule has 1 amide bonds. The van der Waals surface area contributed by atoms with Gasteiger partial charge >= 0.3 is 0 Å². The number of hydrogen-bond donors (Lipinski definition) is 1. The Morgan fingerprint density at radius 1 is 1.16 bits per heavy atom. The van der Waals surface area contributed by atoms with Gasteiger partial charge in [0.25, 0.3) is 5.91 Å². The minimum Gasteiger partial charge on any atom is -0.493 e. The van der Waals surface area contributed by atoms with Crippen LogP contribution in [0.1, 0.15) is 28.4 Å². The Bertz CT molecular complexity index is 913. The Labute approximate surface area is 145 Å². The molecule has 2 heterocycles. The molecule has 0 saturated carbocycles. The van der Waals surface area contributed by atoms with Gasteiger partial charge in [-0.05, 0) is 35.7 Å². The van der Waals surface area contributed by atoms with Crippen molar-refractivity contribution in [1.29, 1.82) is 0 Å². The molecule has 0 atom stereocenters. The number of benzene rings is 2. The molecule has 0 unspecified atom stereocenters. The van der Waals surface area contributed by atoms with Crippen molar-refractivity contribution in [2.45, 2.75) is 19.8 Å². The van der Waals surface area contributed by atoms with Crippen molar-refractivity contribution in [3.8, 4) is 17.0 Å². The van der Waals surface area contributed by atoms with Gasteiger partial charge in [-0.2, -0.15) is 0 Å². The van der Waals surface area contributed by atoms with Gasteiger partial charge < -0.3 is 9.26 Å². The maximum atomic E-state index is 12.4. The highest BCUT2D eigenvalue weighted by Gasteiger charge is 2.16. The summed E-state index contributed by atoms with van der Waals surface area (Å²) in [5.74, 6) is 0.962. The highest BCUT2D eigenvalue weighted by atomic mass is 16.5. The Kier molecular flexibility index (Phi) is 3.98. The first-order chi connectivity index (χ1) is 12.2. The van der Waals surface area contributed by atoms with E-state index in [2.05, 4.69) is 29.5 Å². The average Bonchev–Trinajstić information content (AvgIpc) is 3.30. The lowest BCUT2D eigenvalue weighted by Crippen LogP contribution is -2.11. The van der Waals surface area contributed by atoms with Gasteiger partial charge in [0.15, 0.2) is 0 Å². The van der Waals surface area contributed by atoms with E-state index >= 15 is 0 Å². The molecule has 4 rings (SSSR count). The largest absolute Gasteiger partial charge is 0.493 e. The van der Waals surface area contributed by atoms with Crippen LogP contribution in [0.15, 0.2) is 53.1 Å². The molecule has 5 nitrogen and oxygen atoms in total. The Balaban J connectivity index is 1.49. The topological polar surface area (TPSA) is 64.4 Å². The second kappa shape index (κ2) is 6.43. The van der Waals surface area contributed by atoms with Gasteiger partial charge in [0.1, 0.15) is 11.4 Å². The van der Waals surface area contributed by atoms with Gasteiger partial charge in [0.2, 0.25) is 5.88 Å². The van der Waals surface area contributed by atoms with Gasteiger partial charge in [-0.25, -0.2) is 0 Å². The zero-order valence-electron chi connectivity index (χ0n) is 13.9. The lowest BCUT2D eigenvalue weighted by atomic mass is 10.1. The minimum atomic E-state index is -0.223. The van der Waals surface area contributed by atoms with Gasteiger partial charge in [-0.3, -0.25) is 10.1 Å². The van der Waals surface area contributed by atoms with E-state index in [0.29, 0.717) is 23.7 Å². The Morgan fingerprint density at radius 3 is 2.80 bits per heavy atom. The van der Waals surface area contributed by atoms with E-state index in [-0.39, 0.29) is 5.91 Å². The molecule has 1 aliphatic heterocycles. The SMILES string of the molecule is CCc1ccc(-c2cc(NC(=O)c3ccc4c(c3)CCO4)on2)cc1. The molecule has 5 heteroatoms. The standard InChI is InChI=1S/C20H18N2O3/c1-2-13-3-5-14(6-4-13)17-12-19(25-22-17)21-20(23)16-7-8-18-15(11-16)9-10-24-18/h3-8,11-12H,2,9-10H2,1H3,(H,21,23). The fraction of sp³-hybridized carbons (Fsp3) is 0.200. The van der Waals surface area contributed by atoms with Crippen molar-refractivity contribution in [3.05, 3.63) is 65.2 Å². The number of anilines is 1. The Morgan fingerprint density at radius 2 is 2.00 bits per heavy atom. The van der Waals surface area contributed by atoms with Gasteiger partial charge in [-0.1, -0.05) is 36.3 Å². The van der Waals surface area contributed by atoms with Crippen molar-refractivity contribution >= 4 is 11.8 Å². The summed E-state index contributed by atoms with van der Waals surface area (Å²) in [5.41, 5.74) is 4.55. The average molecular weight is 334 g/mol. The summed E-state index contributed by atoms with van der Waals surface area (Å²) in [5, 5.41) is 6.79. The molecule has 0 fully saturated rings. The maximum absolute atomic E-state index is 12.4. The zero-order valence-corrected chi connectivity index (χ0v) is 13.9. The van der Waals surface area contributed by atoms with E-state index in [1.807, 2.05) is 24.3 Å². The van der Waals surface area contributed by atoms with Crippen LogP contribution in [0.4, 0.5) is 5.88 Å². The predicted molar refractivity (Wildman–Crippen MR) is 94.9 cm³/mol. The second-order valence-electron chi connectivity index (χ2n) is 6.00. The molecule has 126 valence electrons. The number of nitrogens with one attached hydrogen (secondary N) is 1. The summed E-state index contributed by atoms with van der Waals surface area (Å²) in [6.45, 7) is 2.78. The third-order valence-electron chi connectivity index (χ3n) is 4.36. The highest BCUT2D eigenvalue weighted by molar-refractivity contribution is 6.04. The molecule has 2 aromatic carbocycles. The summed E-state index contributed by atoms with van der Waals surface area (Å²) in [6, 6.07) is 15.3. The van der Waals surface area contributed by atoms with Crippen LogP contribution in [0.2, 0.25) is 0 Å². The molecular formula is C20H18N2O3. The monoisotopic (exact) mass is 334 g/mol. The molecule has 0 bridgehead atoms. The number of aryl methyl sites for hydroxylation is 1. The third kappa shape index (κ3) is 3.13. The fourth-order valence-electron chi connectivity index (χ4n) is 2.89. The first kappa shape index (κ1) is 15.4. The molecule has 3 aromatic rings. The van der Waals surface area contributed by atoms with Crippen molar-refractivity contribution in [2.24, 2.45) is 0 Å². The Hall–Kier alpha value is -3.08. The number of aromatic nitrogens is 1. The maximum Gasteiger partial charge on any atom is 0.258 e. The fourth-order valence-corrected chi connectivity index (χ4v) is 2.89. The van der Waals surface area contributed by atoms with Crippen LogP contribution in [-0.2, 0) is 12.8 Å². The van der Waals surface area contributed by atoms with E-state index in [4.69, 9.17) is 9.26 Å². The highest BCUT2D eigenvalue weighted by Crippen LogP contribution is 2.27. The molecule has 25 heavy (non-hydrogen) atoms. The summed E-state index contributed by atoms with van der Waals surface area (Å²) in [4.78, 5) is 12.4. The van der Waals surface area contributed by atoms with E-state index in [0.717, 1.165) is 29.7 Å². The smallest absolute Gasteiger partial charge is 0.258 e. The number of carbonyl (C=O) groups excluding carboxylic acids is 1. The van der Waals surface area contributed by atoms with Crippen LogP contribution < -0.4 is 10.1 Å². The predicted octanol–water partition coefficient (Wildman–Crippen LogP) is 4.09. The number of fused-ring (bicyclic) bond motifs is 1. The van der Waals surface area contributed by atoms with E-state index in [1.54, 1.807) is 12.1 Å². The van der Waals surface area contributed by atoms with E-state index in [9.17, 15) is 4.79 Å². The third-order valence-corrected chi connectivity index (χ3v) is 4.36. The quantitative estimate of drug-likeness (QED) is 0.780.